The number of rotatable bonds is 7. The smallest absolute Gasteiger partial charge is 0.305 e. The third-order valence-corrected chi connectivity index (χ3v) is 6.80. The van der Waals surface area contributed by atoms with Crippen LogP contribution >= 0.6 is 0 Å². The largest absolute Gasteiger partial charge is 0.473 e. The van der Waals surface area contributed by atoms with Gasteiger partial charge in [0.15, 0.2) is 11.7 Å². The van der Waals surface area contributed by atoms with E-state index in [1.54, 1.807) is 6.07 Å². The number of benzene rings is 1. The maximum absolute atomic E-state index is 14.9. The highest BCUT2D eigenvalue weighted by Crippen LogP contribution is 2.34. The van der Waals surface area contributed by atoms with Gasteiger partial charge in [0.25, 0.3) is 0 Å². The molecule has 2 aliphatic rings. The van der Waals surface area contributed by atoms with Gasteiger partial charge in [-0.15, -0.1) is 0 Å². The van der Waals surface area contributed by atoms with Gasteiger partial charge in [0.05, 0.1) is 37.5 Å². The molecule has 1 saturated heterocycles. The van der Waals surface area contributed by atoms with Crippen LogP contribution in [0.1, 0.15) is 37.7 Å². The van der Waals surface area contributed by atoms with E-state index < -0.39 is 5.82 Å². The molecule has 3 atom stereocenters. The Bertz CT molecular complexity index is 1240. The molecule has 1 fully saturated rings. The summed E-state index contributed by atoms with van der Waals surface area (Å²) < 4.78 is 31.1. The van der Waals surface area contributed by atoms with Gasteiger partial charge in [0.2, 0.25) is 0 Å². The van der Waals surface area contributed by atoms with Crippen LogP contribution in [0.2, 0.25) is 0 Å². The number of allylic oxidation sites excluding steroid dienone is 2. The monoisotopic (exact) mass is 480 g/mol. The molecular formula is C27H29FN2O5. The summed E-state index contributed by atoms with van der Waals surface area (Å²) in [5, 5.41) is 9.21. The molecule has 0 amide bonds. The van der Waals surface area contributed by atoms with Crippen molar-refractivity contribution in [3.63, 3.8) is 0 Å². The second-order valence-electron chi connectivity index (χ2n) is 9.23. The lowest BCUT2D eigenvalue weighted by Crippen LogP contribution is -2.17. The minimum absolute atomic E-state index is 0.0331. The Balaban J connectivity index is 1.29. The highest BCUT2D eigenvalue weighted by atomic mass is 19.1. The second kappa shape index (κ2) is 10.2. The third kappa shape index (κ3) is 5.23. The fourth-order valence-electron chi connectivity index (χ4n) is 4.83. The molecule has 0 saturated carbocycles. The summed E-state index contributed by atoms with van der Waals surface area (Å²) in [6.45, 7) is 0.372. The van der Waals surface area contributed by atoms with Crippen LogP contribution in [0.4, 0.5) is 4.39 Å². The standard InChI is InChI=1S/C27H29FN2O5/c1-33-26(32)10-16-2-4-17(5-3-16)18-6-8-19(9-7-18)27-22(28)12-23-24(30-27)13-25(29-23)35-21-11-20(14-31)34-15-21/h4,6-9,12-13,16,20-21,29,31H,2-3,5,10-11,14-15H2,1H3/t16?,20-,21-/m0/s1. The van der Waals surface area contributed by atoms with E-state index in [0.29, 0.717) is 47.8 Å². The highest BCUT2D eigenvalue weighted by molar-refractivity contribution is 5.81. The number of esters is 1. The summed E-state index contributed by atoms with van der Waals surface area (Å²) in [5.41, 5.74) is 4.51. The fourth-order valence-corrected chi connectivity index (χ4v) is 4.83. The molecule has 2 aromatic heterocycles. The van der Waals surface area contributed by atoms with Gasteiger partial charge in [-0.1, -0.05) is 30.3 Å². The van der Waals surface area contributed by atoms with E-state index >= 15 is 0 Å². The molecule has 35 heavy (non-hydrogen) atoms. The zero-order chi connectivity index (χ0) is 24.4. The number of pyridine rings is 1. The number of aliphatic hydroxyl groups excluding tert-OH is 1. The number of nitrogens with zero attached hydrogens (tertiary/aromatic N) is 1. The molecule has 7 nitrogen and oxygen atoms in total. The van der Waals surface area contributed by atoms with Crippen molar-refractivity contribution in [2.75, 3.05) is 20.3 Å². The third-order valence-electron chi connectivity index (χ3n) is 6.80. The molecule has 0 bridgehead atoms. The predicted octanol–water partition coefficient (Wildman–Crippen LogP) is 4.64. The summed E-state index contributed by atoms with van der Waals surface area (Å²) in [5.74, 6) is 0.252. The van der Waals surface area contributed by atoms with Crippen LogP contribution in [-0.4, -0.2) is 53.6 Å². The van der Waals surface area contributed by atoms with Crippen LogP contribution in [-0.2, 0) is 14.3 Å². The van der Waals surface area contributed by atoms with Crippen LogP contribution in [0.5, 0.6) is 5.88 Å². The molecule has 0 spiro atoms. The van der Waals surface area contributed by atoms with E-state index in [9.17, 15) is 14.3 Å². The molecule has 3 heterocycles. The number of ether oxygens (including phenoxy) is 3. The average Bonchev–Trinajstić information content (AvgIpc) is 3.50. The van der Waals surface area contributed by atoms with Crippen LogP contribution in [0.15, 0.2) is 42.5 Å². The molecule has 1 aliphatic heterocycles. The van der Waals surface area contributed by atoms with Crippen LogP contribution in [0, 0.1) is 11.7 Å². The first-order valence-corrected chi connectivity index (χ1v) is 12.0. The summed E-state index contributed by atoms with van der Waals surface area (Å²) in [4.78, 5) is 19.1. The SMILES string of the molecule is COC(=O)CC1CC=C(c2ccc(-c3nc4cc(O[C@@H]5CO[C@H](CO)C5)[nH]c4cc3F)cc2)CC1. The Labute approximate surface area is 202 Å². The van der Waals surface area contributed by atoms with E-state index in [-0.39, 0.29) is 30.5 Å². The van der Waals surface area contributed by atoms with E-state index in [1.807, 2.05) is 24.3 Å². The molecular weight excluding hydrogens is 451 g/mol. The van der Waals surface area contributed by atoms with Gasteiger partial charge in [-0.05, 0) is 36.3 Å². The van der Waals surface area contributed by atoms with Gasteiger partial charge >= 0.3 is 5.97 Å². The molecule has 8 heteroatoms. The number of carbonyl (C=O) groups is 1. The van der Waals surface area contributed by atoms with Gasteiger partial charge in [-0.2, -0.15) is 0 Å². The molecule has 3 aromatic rings. The van der Waals surface area contributed by atoms with Gasteiger partial charge in [0.1, 0.15) is 11.8 Å². The first-order valence-electron chi connectivity index (χ1n) is 12.0. The molecule has 0 radical (unpaired) electrons. The molecule has 1 unspecified atom stereocenters. The Morgan fingerprint density at radius 2 is 2.06 bits per heavy atom. The van der Waals surface area contributed by atoms with Crippen molar-refractivity contribution in [3.05, 3.63) is 53.9 Å². The Morgan fingerprint density at radius 3 is 2.74 bits per heavy atom. The van der Waals surface area contributed by atoms with Gasteiger partial charge in [-0.3, -0.25) is 4.79 Å². The predicted molar refractivity (Wildman–Crippen MR) is 129 cm³/mol. The summed E-state index contributed by atoms with van der Waals surface area (Å²) >= 11 is 0. The highest BCUT2D eigenvalue weighted by Gasteiger charge is 2.27. The number of nitrogens with one attached hydrogen (secondary N) is 1. The van der Waals surface area contributed by atoms with Crippen LogP contribution in [0.25, 0.3) is 27.9 Å². The molecule has 1 aliphatic carbocycles. The van der Waals surface area contributed by atoms with Crippen molar-refractivity contribution in [1.29, 1.82) is 0 Å². The van der Waals surface area contributed by atoms with Crippen molar-refractivity contribution in [2.45, 2.75) is 44.3 Å². The molecule has 184 valence electrons. The van der Waals surface area contributed by atoms with Crippen molar-refractivity contribution in [1.82, 2.24) is 9.97 Å². The van der Waals surface area contributed by atoms with E-state index in [4.69, 9.17) is 14.2 Å². The molecule has 5 rings (SSSR count). The lowest BCUT2D eigenvalue weighted by atomic mass is 9.85. The van der Waals surface area contributed by atoms with E-state index in [1.165, 1.54) is 18.7 Å². The van der Waals surface area contributed by atoms with Gasteiger partial charge in [0, 0.05) is 30.5 Å². The van der Waals surface area contributed by atoms with Crippen LogP contribution < -0.4 is 4.74 Å². The number of fused-ring (bicyclic) bond motifs is 1. The zero-order valence-electron chi connectivity index (χ0n) is 19.6. The maximum Gasteiger partial charge on any atom is 0.305 e. The van der Waals surface area contributed by atoms with Gasteiger partial charge in [-0.25, -0.2) is 9.37 Å². The summed E-state index contributed by atoms with van der Waals surface area (Å²) in [6.07, 6.45) is 5.57. The average molecular weight is 481 g/mol. The van der Waals surface area contributed by atoms with Crippen molar-refractivity contribution in [2.24, 2.45) is 5.92 Å². The number of carbonyl (C=O) groups excluding carboxylic acids is 1. The lowest BCUT2D eigenvalue weighted by molar-refractivity contribution is -0.141. The number of halogens is 1. The minimum atomic E-state index is -0.411. The van der Waals surface area contributed by atoms with E-state index in [2.05, 4.69) is 16.0 Å². The quantitative estimate of drug-likeness (QED) is 0.479. The lowest BCUT2D eigenvalue weighted by Gasteiger charge is -2.21. The Hall–Kier alpha value is -3.23. The number of hydrogen-bond donors (Lipinski definition) is 2. The first-order chi connectivity index (χ1) is 17.0. The Kier molecular flexibility index (Phi) is 6.83. The Morgan fingerprint density at radius 1 is 1.26 bits per heavy atom. The number of aromatic amines is 1. The molecule has 1 aromatic carbocycles. The fraction of sp³-hybridized carbons (Fsp3) is 0.407. The normalized spacial score (nSPS) is 22.3. The molecule has 2 N–H and O–H groups in total. The zero-order valence-corrected chi connectivity index (χ0v) is 19.6. The number of aliphatic hydroxyl groups is 1. The number of methoxy groups -OCH3 is 1. The number of aromatic nitrogens is 2. The minimum Gasteiger partial charge on any atom is -0.473 e. The number of H-pyrrole nitrogens is 1. The first kappa shape index (κ1) is 23.5. The summed E-state index contributed by atoms with van der Waals surface area (Å²) in [6, 6.07) is 11.0. The van der Waals surface area contributed by atoms with Crippen LogP contribution in [0.3, 0.4) is 0 Å². The number of hydrogen-bond acceptors (Lipinski definition) is 6. The van der Waals surface area contributed by atoms with Crippen molar-refractivity contribution in [3.8, 4) is 17.1 Å². The maximum atomic E-state index is 14.9. The van der Waals surface area contributed by atoms with E-state index in [0.717, 1.165) is 24.8 Å². The van der Waals surface area contributed by atoms with Crippen molar-refractivity contribution >= 4 is 22.6 Å². The van der Waals surface area contributed by atoms with Crippen molar-refractivity contribution < 1.29 is 28.5 Å². The van der Waals surface area contributed by atoms with Gasteiger partial charge < -0.3 is 24.3 Å². The second-order valence-corrected chi connectivity index (χ2v) is 9.23. The summed E-state index contributed by atoms with van der Waals surface area (Å²) in [7, 11) is 1.42. The topological polar surface area (TPSA) is 93.7 Å².